The average molecular weight is 272 g/mol. The number of nitrogens with zero attached hydrogens (tertiary/aromatic N) is 3. The van der Waals surface area contributed by atoms with Crippen molar-refractivity contribution in [2.75, 3.05) is 0 Å². The highest BCUT2D eigenvalue weighted by Crippen LogP contribution is 2.26. The van der Waals surface area contributed by atoms with Crippen molar-refractivity contribution in [2.24, 2.45) is 0 Å². The van der Waals surface area contributed by atoms with E-state index < -0.39 is 0 Å². The lowest BCUT2D eigenvalue weighted by Crippen LogP contribution is -1.94. The van der Waals surface area contributed by atoms with E-state index in [9.17, 15) is 0 Å². The number of fused-ring (bicyclic) bond motifs is 1. The standard InChI is InChI=1S/C14H10ClN3O/c15-9-11-6-7-13(18-17-11)19-12-5-1-3-10-4-2-8-16-14(10)12/h1-8H,9H2. The molecule has 0 saturated heterocycles. The van der Waals surface area contributed by atoms with Crippen LogP contribution in [-0.2, 0) is 5.88 Å². The van der Waals surface area contributed by atoms with Crippen LogP contribution in [0.25, 0.3) is 10.9 Å². The van der Waals surface area contributed by atoms with Crippen molar-refractivity contribution in [3.8, 4) is 11.6 Å². The van der Waals surface area contributed by atoms with Gasteiger partial charge in [0, 0.05) is 17.6 Å². The van der Waals surface area contributed by atoms with Crippen LogP contribution in [0.4, 0.5) is 0 Å². The van der Waals surface area contributed by atoms with Gasteiger partial charge in [-0.1, -0.05) is 18.2 Å². The van der Waals surface area contributed by atoms with Gasteiger partial charge in [-0.05, 0) is 18.2 Å². The van der Waals surface area contributed by atoms with Crippen LogP contribution >= 0.6 is 11.6 Å². The van der Waals surface area contributed by atoms with Crippen LogP contribution in [0.15, 0.2) is 48.7 Å². The van der Waals surface area contributed by atoms with E-state index in [4.69, 9.17) is 16.3 Å². The molecule has 0 aliphatic carbocycles. The minimum absolute atomic E-state index is 0.336. The predicted octanol–water partition coefficient (Wildman–Crippen LogP) is 3.56. The number of halogens is 1. The Hall–Kier alpha value is -2.20. The summed E-state index contributed by atoms with van der Waals surface area (Å²) in [5.41, 5.74) is 1.51. The lowest BCUT2D eigenvalue weighted by atomic mass is 10.2. The first-order valence-electron chi connectivity index (χ1n) is 5.77. The Morgan fingerprint density at radius 1 is 1.00 bits per heavy atom. The van der Waals surface area contributed by atoms with Gasteiger partial charge in [0.15, 0.2) is 5.75 Å². The zero-order valence-electron chi connectivity index (χ0n) is 9.95. The summed E-state index contributed by atoms with van der Waals surface area (Å²) >= 11 is 5.66. The van der Waals surface area contributed by atoms with Crippen LogP contribution in [-0.4, -0.2) is 15.2 Å². The molecule has 0 atom stereocenters. The van der Waals surface area contributed by atoms with Gasteiger partial charge in [-0.2, -0.15) is 5.10 Å². The number of ether oxygens (including phenoxy) is 1. The van der Waals surface area contributed by atoms with Gasteiger partial charge >= 0.3 is 0 Å². The van der Waals surface area contributed by atoms with Crippen molar-refractivity contribution >= 4 is 22.5 Å². The van der Waals surface area contributed by atoms with Crippen molar-refractivity contribution in [2.45, 2.75) is 5.88 Å². The van der Waals surface area contributed by atoms with E-state index in [2.05, 4.69) is 15.2 Å². The summed E-state index contributed by atoms with van der Waals surface area (Å²) in [6.45, 7) is 0. The summed E-state index contributed by atoms with van der Waals surface area (Å²) in [4.78, 5) is 4.32. The molecule has 0 amide bonds. The monoisotopic (exact) mass is 271 g/mol. The Bertz CT molecular complexity index is 695. The van der Waals surface area contributed by atoms with Crippen LogP contribution in [0.5, 0.6) is 11.6 Å². The fourth-order valence-electron chi connectivity index (χ4n) is 1.74. The third-order valence-corrected chi connectivity index (χ3v) is 2.92. The molecule has 1 aromatic carbocycles. The first-order valence-corrected chi connectivity index (χ1v) is 6.30. The highest BCUT2D eigenvalue weighted by molar-refractivity contribution is 6.16. The molecule has 0 aliphatic rings. The lowest BCUT2D eigenvalue weighted by Gasteiger charge is -2.06. The molecular formula is C14H10ClN3O. The first kappa shape index (κ1) is 11.9. The normalized spacial score (nSPS) is 10.6. The zero-order valence-corrected chi connectivity index (χ0v) is 10.7. The van der Waals surface area contributed by atoms with Crippen LogP contribution in [0.3, 0.4) is 0 Å². The van der Waals surface area contributed by atoms with Gasteiger partial charge in [-0.15, -0.1) is 16.7 Å². The summed E-state index contributed by atoms with van der Waals surface area (Å²) in [5.74, 6) is 1.42. The number of pyridine rings is 1. The summed E-state index contributed by atoms with van der Waals surface area (Å²) in [5, 5.41) is 8.93. The number of hydrogen-bond donors (Lipinski definition) is 0. The maximum absolute atomic E-state index is 5.71. The van der Waals surface area contributed by atoms with E-state index in [-0.39, 0.29) is 0 Å². The Balaban J connectivity index is 1.96. The summed E-state index contributed by atoms with van der Waals surface area (Å²) in [6, 6.07) is 13.2. The second-order valence-corrected chi connectivity index (χ2v) is 4.20. The lowest BCUT2D eigenvalue weighted by molar-refractivity contribution is 0.458. The molecule has 2 heterocycles. The Morgan fingerprint density at radius 2 is 1.89 bits per heavy atom. The fourth-order valence-corrected chi connectivity index (χ4v) is 1.89. The SMILES string of the molecule is ClCc1ccc(Oc2cccc3cccnc23)nn1. The average Bonchev–Trinajstić information content (AvgIpc) is 2.48. The molecule has 4 nitrogen and oxygen atoms in total. The molecule has 19 heavy (non-hydrogen) atoms. The minimum atomic E-state index is 0.336. The Morgan fingerprint density at radius 3 is 2.68 bits per heavy atom. The van der Waals surface area contributed by atoms with Gasteiger partial charge in [0.1, 0.15) is 5.52 Å². The smallest absolute Gasteiger partial charge is 0.238 e. The van der Waals surface area contributed by atoms with Gasteiger partial charge < -0.3 is 4.74 Å². The molecule has 5 heteroatoms. The number of alkyl halides is 1. The summed E-state index contributed by atoms with van der Waals surface area (Å²) < 4.78 is 5.71. The van der Waals surface area contributed by atoms with Gasteiger partial charge in [-0.25, -0.2) is 0 Å². The van der Waals surface area contributed by atoms with E-state index in [1.165, 1.54) is 0 Å². The first-order chi connectivity index (χ1) is 9.36. The molecule has 0 saturated carbocycles. The highest BCUT2D eigenvalue weighted by atomic mass is 35.5. The van der Waals surface area contributed by atoms with Gasteiger partial charge in [-0.3, -0.25) is 4.98 Å². The van der Waals surface area contributed by atoms with E-state index in [0.29, 0.717) is 23.2 Å². The number of rotatable bonds is 3. The molecule has 0 unspecified atom stereocenters. The maximum Gasteiger partial charge on any atom is 0.238 e. The van der Waals surface area contributed by atoms with E-state index in [1.54, 1.807) is 18.3 Å². The molecule has 0 N–H and O–H groups in total. The highest BCUT2D eigenvalue weighted by Gasteiger charge is 2.05. The number of hydrogen-bond acceptors (Lipinski definition) is 4. The van der Waals surface area contributed by atoms with Crippen LogP contribution < -0.4 is 4.74 Å². The van der Waals surface area contributed by atoms with Gasteiger partial charge in [0.25, 0.3) is 0 Å². The van der Waals surface area contributed by atoms with Crippen molar-refractivity contribution in [3.63, 3.8) is 0 Å². The molecule has 3 aromatic rings. The van der Waals surface area contributed by atoms with E-state index in [0.717, 1.165) is 10.9 Å². The van der Waals surface area contributed by atoms with Gasteiger partial charge in [0.2, 0.25) is 5.88 Å². The molecule has 0 radical (unpaired) electrons. The minimum Gasteiger partial charge on any atom is -0.435 e. The number of aromatic nitrogens is 3. The molecule has 0 spiro atoms. The van der Waals surface area contributed by atoms with E-state index in [1.807, 2.05) is 30.3 Å². The van der Waals surface area contributed by atoms with Crippen LogP contribution in [0, 0.1) is 0 Å². The summed E-state index contributed by atoms with van der Waals surface area (Å²) in [7, 11) is 0. The van der Waals surface area contributed by atoms with E-state index >= 15 is 0 Å². The molecule has 0 aliphatic heterocycles. The third kappa shape index (κ3) is 2.48. The molecule has 0 bridgehead atoms. The van der Waals surface area contributed by atoms with Crippen LogP contribution in [0.2, 0.25) is 0 Å². The van der Waals surface area contributed by atoms with Crippen molar-refractivity contribution in [1.29, 1.82) is 0 Å². The predicted molar refractivity (Wildman–Crippen MR) is 73.4 cm³/mol. The topological polar surface area (TPSA) is 47.9 Å². The second-order valence-electron chi connectivity index (χ2n) is 3.93. The number of benzene rings is 1. The largest absolute Gasteiger partial charge is 0.435 e. The van der Waals surface area contributed by atoms with Gasteiger partial charge in [0.05, 0.1) is 11.6 Å². The fraction of sp³-hybridized carbons (Fsp3) is 0.0714. The van der Waals surface area contributed by atoms with Crippen molar-refractivity contribution in [1.82, 2.24) is 15.2 Å². The van der Waals surface area contributed by atoms with Crippen molar-refractivity contribution < 1.29 is 4.74 Å². The maximum atomic E-state index is 5.71. The zero-order chi connectivity index (χ0) is 13.1. The molecule has 2 aromatic heterocycles. The summed E-state index contributed by atoms with van der Waals surface area (Å²) in [6.07, 6.45) is 1.73. The Kier molecular flexibility index (Phi) is 3.25. The van der Waals surface area contributed by atoms with Crippen molar-refractivity contribution in [3.05, 3.63) is 54.4 Å². The molecule has 3 rings (SSSR count). The molecule has 0 fully saturated rings. The molecule has 94 valence electrons. The number of para-hydroxylation sites is 1. The second kappa shape index (κ2) is 5.20. The Labute approximate surface area is 115 Å². The third-order valence-electron chi connectivity index (χ3n) is 2.64. The van der Waals surface area contributed by atoms with Crippen LogP contribution in [0.1, 0.15) is 5.69 Å². The quantitative estimate of drug-likeness (QED) is 0.684. The molecular weight excluding hydrogens is 262 g/mol.